The average Bonchev–Trinajstić information content (AvgIpc) is 2.03. The molecule has 0 aromatic rings. The number of alkyl halides is 2. The zero-order valence-electron chi connectivity index (χ0n) is 7.98. The van der Waals surface area contributed by atoms with Gasteiger partial charge in [-0.2, -0.15) is 0 Å². The number of rotatable bonds is 6. The number of likely N-dealkylation sites (N-methyl/N-ethyl adjacent to an activating group) is 1. The molecule has 0 bridgehead atoms. The Morgan fingerprint density at radius 3 is 2.42 bits per heavy atom. The lowest BCUT2D eigenvalue weighted by atomic mass is 10.3. The van der Waals surface area contributed by atoms with Crippen molar-refractivity contribution in [2.45, 2.75) is 26.3 Å². The lowest BCUT2D eigenvalue weighted by Gasteiger charge is -2.17. The van der Waals surface area contributed by atoms with Gasteiger partial charge in [-0.25, -0.2) is 8.78 Å². The smallest absolute Gasteiger partial charge is 0.253 e. The minimum Gasteiger partial charge on any atom is -0.308 e. The van der Waals surface area contributed by atoms with Gasteiger partial charge in [-0.15, -0.1) is 0 Å². The molecule has 12 heavy (non-hydrogen) atoms. The quantitative estimate of drug-likeness (QED) is 0.660. The van der Waals surface area contributed by atoms with E-state index in [0.717, 1.165) is 13.1 Å². The Hall–Kier alpha value is -0.220. The molecule has 2 nitrogen and oxygen atoms in total. The molecular formula is C8H18F2N2. The van der Waals surface area contributed by atoms with Gasteiger partial charge in [0, 0.05) is 13.1 Å². The van der Waals surface area contributed by atoms with Crippen LogP contribution in [0.25, 0.3) is 0 Å². The van der Waals surface area contributed by atoms with E-state index in [-0.39, 0.29) is 0 Å². The summed E-state index contributed by atoms with van der Waals surface area (Å²) in [5.41, 5.74) is 0. The number of hydrogen-bond donors (Lipinski definition) is 1. The minimum atomic E-state index is -2.27. The maximum Gasteiger partial charge on any atom is 0.253 e. The molecule has 0 spiro atoms. The first-order chi connectivity index (χ1) is 5.57. The number of nitrogens with zero attached hydrogens (tertiary/aromatic N) is 1. The maximum absolute atomic E-state index is 12.0. The van der Waals surface area contributed by atoms with E-state index in [2.05, 4.69) is 10.2 Å². The van der Waals surface area contributed by atoms with Crippen molar-refractivity contribution < 1.29 is 8.78 Å². The molecule has 0 aromatic heterocycles. The largest absolute Gasteiger partial charge is 0.308 e. The maximum atomic E-state index is 12.0. The molecule has 1 N–H and O–H groups in total. The van der Waals surface area contributed by atoms with Crippen LogP contribution in [-0.4, -0.2) is 44.0 Å². The van der Waals surface area contributed by atoms with Crippen LogP contribution in [0.4, 0.5) is 8.78 Å². The van der Waals surface area contributed by atoms with Crippen molar-refractivity contribution in [1.82, 2.24) is 10.2 Å². The van der Waals surface area contributed by atoms with Gasteiger partial charge in [-0.3, -0.25) is 0 Å². The van der Waals surface area contributed by atoms with Gasteiger partial charge in [-0.05, 0) is 20.5 Å². The summed E-state index contributed by atoms with van der Waals surface area (Å²) in [4.78, 5) is 2.07. The highest BCUT2D eigenvalue weighted by Crippen LogP contribution is 1.98. The summed E-state index contributed by atoms with van der Waals surface area (Å²) in [5.74, 6) is 0. The first-order valence-electron chi connectivity index (χ1n) is 4.28. The second kappa shape index (κ2) is 6.31. The van der Waals surface area contributed by atoms with Crippen LogP contribution >= 0.6 is 0 Å². The van der Waals surface area contributed by atoms with Gasteiger partial charge in [0.05, 0.1) is 6.04 Å². The monoisotopic (exact) mass is 180 g/mol. The highest BCUT2D eigenvalue weighted by molar-refractivity contribution is 4.63. The molecule has 1 atom stereocenters. The molecule has 0 saturated heterocycles. The number of hydrogen-bond acceptors (Lipinski definition) is 2. The number of halogens is 2. The Morgan fingerprint density at radius 1 is 1.42 bits per heavy atom. The standard InChI is InChI=1S/C8H18F2N2/c1-4-12(3)6-5-11-7(2)8(9)10/h7-8,11H,4-6H2,1-3H3. The fourth-order valence-corrected chi connectivity index (χ4v) is 0.730. The third kappa shape index (κ3) is 5.43. The van der Waals surface area contributed by atoms with Gasteiger partial charge in [-0.1, -0.05) is 6.92 Å². The van der Waals surface area contributed by atoms with Crippen molar-refractivity contribution in [1.29, 1.82) is 0 Å². The van der Waals surface area contributed by atoms with Crippen molar-refractivity contribution in [2.24, 2.45) is 0 Å². The fraction of sp³-hybridized carbons (Fsp3) is 1.00. The Labute approximate surface area is 72.9 Å². The van der Waals surface area contributed by atoms with Crippen LogP contribution in [0, 0.1) is 0 Å². The summed E-state index contributed by atoms with van der Waals surface area (Å²) in [7, 11) is 1.97. The van der Waals surface area contributed by atoms with Crippen molar-refractivity contribution >= 4 is 0 Å². The molecule has 4 heteroatoms. The topological polar surface area (TPSA) is 15.3 Å². The predicted octanol–water partition coefficient (Wildman–Crippen LogP) is 1.18. The second-order valence-corrected chi connectivity index (χ2v) is 2.97. The van der Waals surface area contributed by atoms with Gasteiger partial charge >= 0.3 is 0 Å². The molecule has 0 amide bonds. The van der Waals surface area contributed by atoms with Gasteiger partial charge in [0.15, 0.2) is 0 Å². The summed E-state index contributed by atoms with van der Waals surface area (Å²) in [6.07, 6.45) is -2.27. The molecule has 0 rings (SSSR count). The highest BCUT2D eigenvalue weighted by atomic mass is 19.3. The SMILES string of the molecule is CCN(C)CCNC(C)C(F)F. The zero-order chi connectivity index (χ0) is 9.56. The van der Waals surface area contributed by atoms with E-state index in [9.17, 15) is 8.78 Å². The Balaban J connectivity index is 3.30. The molecule has 0 heterocycles. The summed E-state index contributed by atoms with van der Waals surface area (Å²) < 4.78 is 23.9. The van der Waals surface area contributed by atoms with E-state index in [1.165, 1.54) is 6.92 Å². The van der Waals surface area contributed by atoms with Crippen LogP contribution in [0.1, 0.15) is 13.8 Å². The average molecular weight is 180 g/mol. The summed E-state index contributed by atoms with van der Waals surface area (Å²) in [5, 5.41) is 2.76. The zero-order valence-corrected chi connectivity index (χ0v) is 7.98. The molecule has 0 aliphatic rings. The van der Waals surface area contributed by atoms with Crippen LogP contribution in [0.3, 0.4) is 0 Å². The van der Waals surface area contributed by atoms with E-state index in [1.807, 2.05) is 14.0 Å². The van der Waals surface area contributed by atoms with Crippen molar-refractivity contribution in [3.05, 3.63) is 0 Å². The second-order valence-electron chi connectivity index (χ2n) is 2.97. The summed E-state index contributed by atoms with van der Waals surface area (Å²) in [6.45, 7) is 5.92. The van der Waals surface area contributed by atoms with Gasteiger partial charge in [0.2, 0.25) is 0 Å². The third-order valence-corrected chi connectivity index (χ3v) is 1.88. The van der Waals surface area contributed by atoms with Gasteiger partial charge in [0.25, 0.3) is 6.43 Å². The normalized spacial score (nSPS) is 14.2. The first-order valence-corrected chi connectivity index (χ1v) is 4.28. The molecule has 74 valence electrons. The Morgan fingerprint density at radius 2 is 2.00 bits per heavy atom. The highest BCUT2D eigenvalue weighted by Gasteiger charge is 2.12. The molecule has 0 aliphatic carbocycles. The fourth-order valence-electron chi connectivity index (χ4n) is 0.730. The van der Waals surface area contributed by atoms with E-state index in [0.29, 0.717) is 6.54 Å². The lowest BCUT2D eigenvalue weighted by molar-refractivity contribution is 0.105. The van der Waals surface area contributed by atoms with Crippen molar-refractivity contribution in [3.63, 3.8) is 0 Å². The molecular weight excluding hydrogens is 162 g/mol. The van der Waals surface area contributed by atoms with E-state index in [4.69, 9.17) is 0 Å². The number of nitrogens with one attached hydrogen (secondary N) is 1. The van der Waals surface area contributed by atoms with Gasteiger partial charge in [0.1, 0.15) is 0 Å². The first kappa shape index (κ1) is 11.8. The molecule has 0 fully saturated rings. The van der Waals surface area contributed by atoms with E-state index < -0.39 is 12.5 Å². The van der Waals surface area contributed by atoms with Crippen LogP contribution in [0.15, 0.2) is 0 Å². The summed E-state index contributed by atoms with van der Waals surface area (Å²) in [6, 6.07) is -0.699. The van der Waals surface area contributed by atoms with Crippen LogP contribution in [-0.2, 0) is 0 Å². The van der Waals surface area contributed by atoms with Crippen LogP contribution in [0.2, 0.25) is 0 Å². The lowest BCUT2D eigenvalue weighted by Crippen LogP contribution is -2.37. The van der Waals surface area contributed by atoms with E-state index >= 15 is 0 Å². The Bertz CT molecular complexity index is 109. The van der Waals surface area contributed by atoms with Crippen molar-refractivity contribution in [2.75, 3.05) is 26.7 Å². The van der Waals surface area contributed by atoms with Crippen molar-refractivity contribution in [3.8, 4) is 0 Å². The molecule has 1 unspecified atom stereocenters. The minimum absolute atomic E-state index is 0.621. The summed E-state index contributed by atoms with van der Waals surface area (Å²) >= 11 is 0. The van der Waals surface area contributed by atoms with Crippen LogP contribution in [0.5, 0.6) is 0 Å². The predicted molar refractivity (Wildman–Crippen MR) is 46.6 cm³/mol. The molecule has 0 radical (unpaired) electrons. The molecule has 0 saturated carbocycles. The van der Waals surface area contributed by atoms with Crippen LogP contribution < -0.4 is 5.32 Å². The van der Waals surface area contributed by atoms with Gasteiger partial charge < -0.3 is 10.2 Å². The molecule has 0 aromatic carbocycles. The third-order valence-electron chi connectivity index (χ3n) is 1.88. The van der Waals surface area contributed by atoms with E-state index in [1.54, 1.807) is 0 Å². The Kier molecular flexibility index (Phi) is 6.20. The molecule has 0 aliphatic heterocycles.